The lowest BCUT2D eigenvalue weighted by Gasteiger charge is -2.26. The Labute approximate surface area is 604 Å². The monoisotopic (exact) mass is 1330 g/mol. The summed E-state index contributed by atoms with van der Waals surface area (Å²) in [7, 11) is 0. The van der Waals surface area contributed by atoms with E-state index in [9.17, 15) is 5.26 Å². The van der Waals surface area contributed by atoms with Gasteiger partial charge in [-0.2, -0.15) is 5.26 Å². The van der Waals surface area contributed by atoms with Crippen molar-refractivity contribution in [3.8, 4) is 51.1 Å². The van der Waals surface area contributed by atoms with Crippen molar-refractivity contribution in [1.82, 2.24) is 14.1 Å². The van der Waals surface area contributed by atoms with E-state index in [0.717, 1.165) is 157 Å². The fourth-order valence-corrected chi connectivity index (χ4v) is 15.0. The first-order valence-corrected chi connectivity index (χ1v) is 35.1. The van der Waals surface area contributed by atoms with E-state index in [2.05, 4.69) is 417 Å². The second-order valence-electron chi connectivity index (χ2n) is 25.9. The van der Waals surface area contributed by atoms with Crippen LogP contribution in [0.1, 0.15) is 5.56 Å². The van der Waals surface area contributed by atoms with Crippen molar-refractivity contribution in [3.63, 3.8) is 0 Å². The summed E-state index contributed by atoms with van der Waals surface area (Å²) in [6.45, 7) is 0. The van der Waals surface area contributed by atoms with Crippen LogP contribution in [-0.4, -0.2) is 14.1 Å². The normalized spacial score (nSPS) is 11.3. The van der Waals surface area contributed by atoms with Gasteiger partial charge in [-0.3, -0.25) is 0 Å². The molecule has 0 N–H and O–H groups in total. The molecule has 8 heteroatoms. The number of aromatic nitrogens is 3. The van der Waals surface area contributed by atoms with Gasteiger partial charge < -0.3 is 28.7 Å². The molecule has 0 spiro atoms. The number of rotatable bonds is 17. The van der Waals surface area contributed by atoms with Gasteiger partial charge in [-0.05, 0) is 217 Å². The molecule has 15 aromatic carbocycles. The first-order chi connectivity index (χ1) is 51.6. The predicted octanol–water partition coefficient (Wildman–Crippen LogP) is 26.0. The maximum Gasteiger partial charge on any atom is 0.0991 e. The lowest BCUT2D eigenvalue weighted by Crippen LogP contribution is -2.09. The summed E-state index contributed by atoms with van der Waals surface area (Å²) in [4.78, 5) is 15.2. The molecule has 0 bridgehead atoms. The van der Waals surface area contributed by atoms with Crippen LogP contribution in [0.25, 0.3) is 88.6 Å². The highest BCUT2D eigenvalue weighted by Crippen LogP contribution is 2.48. The van der Waals surface area contributed by atoms with Gasteiger partial charge in [0, 0.05) is 101 Å². The molecular formula is C96H66N8. The number of anilines is 12. The number of para-hydroxylation sites is 10. The Morgan fingerprint density at radius 3 is 0.750 bits per heavy atom. The van der Waals surface area contributed by atoms with E-state index in [4.69, 9.17) is 4.98 Å². The van der Waals surface area contributed by atoms with Crippen LogP contribution >= 0.6 is 0 Å². The number of nitrogens with zero attached hydrogens (tertiary/aromatic N) is 8. The van der Waals surface area contributed by atoms with Gasteiger partial charge in [-0.25, -0.2) is 4.98 Å². The average molecular weight is 1330 g/mol. The minimum atomic E-state index is 0.573. The van der Waals surface area contributed by atoms with Crippen molar-refractivity contribution < 1.29 is 0 Å². The van der Waals surface area contributed by atoms with Gasteiger partial charge in [-0.15, -0.1) is 0 Å². The molecule has 18 rings (SSSR count). The lowest BCUT2D eigenvalue weighted by atomic mass is 9.97. The summed E-state index contributed by atoms with van der Waals surface area (Å²) in [5, 5.41) is 14.8. The molecule has 104 heavy (non-hydrogen) atoms. The van der Waals surface area contributed by atoms with Crippen LogP contribution in [0.15, 0.2) is 400 Å². The first kappa shape index (κ1) is 62.0. The Morgan fingerprint density at radius 2 is 0.481 bits per heavy atom. The summed E-state index contributed by atoms with van der Waals surface area (Å²) < 4.78 is 4.84. The van der Waals surface area contributed by atoms with E-state index >= 15 is 0 Å². The molecule has 8 nitrogen and oxygen atoms in total. The van der Waals surface area contributed by atoms with Crippen molar-refractivity contribution >= 4 is 112 Å². The quantitative estimate of drug-likeness (QED) is 0.0905. The molecule has 0 saturated carbocycles. The zero-order valence-corrected chi connectivity index (χ0v) is 56.7. The van der Waals surface area contributed by atoms with Gasteiger partial charge in [0.1, 0.15) is 0 Å². The van der Waals surface area contributed by atoms with Crippen molar-refractivity contribution in [3.05, 3.63) is 406 Å². The number of pyridine rings is 1. The van der Waals surface area contributed by atoms with Gasteiger partial charge in [0.05, 0.1) is 56.5 Å². The van der Waals surface area contributed by atoms with Gasteiger partial charge in [0.15, 0.2) is 0 Å². The van der Waals surface area contributed by atoms with E-state index in [-0.39, 0.29) is 0 Å². The maximum absolute atomic E-state index is 10.5. The van der Waals surface area contributed by atoms with Gasteiger partial charge in [0.25, 0.3) is 0 Å². The number of fused-ring (bicyclic) bond motifs is 6. The van der Waals surface area contributed by atoms with Gasteiger partial charge in [0.2, 0.25) is 0 Å². The van der Waals surface area contributed by atoms with Crippen LogP contribution in [0, 0.1) is 11.3 Å². The van der Waals surface area contributed by atoms with E-state index in [1.165, 1.54) is 0 Å². The number of hydrogen-bond donors (Lipinski definition) is 0. The second kappa shape index (κ2) is 27.1. The average Bonchev–Trinajstić information content (AvgIpc) is 1.57. The molecule has 0 aliphatic heterocycles. The van der Waals surface area contributed by atoms with Crippen molar-refractivity contribution in [1.29, 1.82) is 5.26 Å². The largest absolute Gasteiger partial charge is 0.310 e. The highest BCUT2D eigenvalue weighted by Gasteiger charge is 2.26. The Balaban J connectivity index is 0.856. The van der Waals surface area contributed by atoms with Gasteiger partial charge >= 0.3 is 0 Å². The fourth-order valence-electron chi connectivity index (χ4n) is 15.0. The Morgan fingerprint density at radius 1 is 0.221 bits per heavy atom. The molecular weight excluding hydrogens is 1270 g/mol. The minimum absolute atomic E-state index is 0.573. The third-order valence-corrected chi connectivity index (χ3v) is 19.6. The summed E-state index contributed by atoms with van der Waals surface area (Å²) in [6.07, 6.45) is 0. The first-order valence-electron chi connectivity index (χ1n) is 35.1. The highest BCUT2D eigenvalue weighted by atomic mass is 15.2. The Bertz CT molecular complexity index is 5390. The number of hydrogen-bond acceptors (Lipinski definition) is 6. The Kier molecular flexibility index (Phi) is 16.2. The standard InChI is InChI=1S/C96H66N8/c97-67-68-30-29-31-69(60-68)70-61-89(83-48-25-27-50-91(83)103-93-56-52-79(99(71-32-9-1-10-33-71)72-34-11-2-12-35-72)63-85(93)86-64-80(53-57-94(86)103)100(73-36-13-3-14-37-73)74-38-15-4-16-39-74)98-90(62-70)84-49-26-28-51-92(84)104-95-58-54-81(101(75-40-17-5-18-41-75)76-42-19-6-20-43-76)65-87(95)88-66-82(55-59-96(88)104)102(77-44-21-7-22-45-77)78-46-23-8-24-47-78/h1-66H. The Hall–Kier alpha value is -14.3. The van der Waals surface area contributed by atoms with Crippen LogP contribution in [0.4, 0.5) is 68.2 Å². The molecule has 0 aliphatic rings. The zero-order valence-electron chi connectivity index (χ0n) is 56.7. The van der Waals surface area contributed by atoms with Crippen LogP contribution in [0.2, 0.25) is 0 Å². The SMILES string of the molecule is N#Cc1cccc(-c2cc(-c3ccccc3-n3c4ccc(N(c5ccccc5)c5ccccc5)cc4c4cc(N(c5ccccc5)c5ccccc5)ccc43)nc(-c3ccccc3-n3c4ccc(N(c5ccccc5)c5ccccc5)cc4c4cc(N(c5ccccc5)c5ccccc5)ccc43)c2)c1. The number of benzene rings is 15. The highest BCUT2D eigenvalue weighted by molar-refractivity contribution is 6.14. The summed E-state index contributed by atoms with van der Waals surface area (Å²) >= 11 is 0. The van der Waals surface area contributed by atoms with E-state index in [1.54, 1.807) is 0 Å². The molecule has 0 unspecified atom stereocenters. The molecule has 0 saturated heterocycles. The smallest absolute Gasteiger partial charge is 0.0991 e. The molecule has 0 atom stereocenters. The molecule has 0 fully saturated rings. The van der Waals surface area contributed by atoms with E-state index < -0.39 is 0 Å². The van der Waals surface area contributed by atoms with Crippen LogP contribution in [0.5, 0.6) is 0 Å². The minimum Gasteiger partial charge on any atom is -0.310 e. The van der Waals surface area contributed by atoms with Crippen LogP contribution in [-0.2, 0) is 0 Å². The lowest BCUT2D eigenvalue weighted by molar-refractivity contribution is 1.16. The summed E-state index contributed by atoms with van der Waals surface area (Å²) in [5.74, 6) is 0. The molecule has 490 valence electrons. The molecule has 3 aromatic heterocycles. The number of nitriles is 1. The molecule has 0 aliphatic carbocycles. The van der Waals surface area contributed by atoms with Crippen molar-refractivity contribution in [2.24, 2.45) is 0 Å². The maximum atomic E-state index is 10.5. The third-order valence-electron chi connectivity index (χ3n) is 19.6. The van der Waals surface area contributed by atoms with Crippen molar-refractivity contribution in [2.45, 2.75) is 0 Å². The molecule has 0 amide bonds. The predicted molar refractivity (Wildman–Crippen MR) is 433 cm³/mol. The molecule has 18 aromatic rings. The summed E-state index contributed by atoms with van der Waals surface area (Å²) in [6, 6.07) is 144. The van der Waals surface area contributed by atoms with E-state index in [1.807, 2.05) is 18.2 Å². The second-order valence-corrected chi connectivity index (χ2v) is 25.9. The molecule has 3 heterocycles. The van der Waals surface area contributed by atoms with Crippen LogP contribution < -0.4 is 19.6 Å². The molecule has 0 radical (unpaired) electrons. The topological polar surface area (TPSA) is 59.5 Å². The third kappa shape index (κ3) is 11.5. The van der Waals surface area contributed by atoms with Crippen LogP contribution in [0.3, 0.4) is 0 Å². The summed E-state index contributed by atoms with van der Waals surface area (Å²) in [5.41, 5.74) is 24.4. The van der Waals surface area contributed by atoms with E-state index in [0.29, 0.717) is 5.56 Å². The fraction of sp³-hybridized carbons (Fsp3) is 0. The van der Waals surface area contributed by atoms with Crippen molar-refractivity contribution in [2.75, 3.05) is 19.6 Å². The zero-order chi connectivity index (χ0) is 69.3. The van der Waals surface area contributed by atoms with Gasteiger partial charge in [-0.1, -0.05) is 194 Å².